The van der Waals surface area contributed by atoms with Crippen molar-refractivity contribution in [3.05, 3.63) is 54.6 Å². The van der Waals surface area contributed by atoms with Crippen molar-refractivity contribution in [2.75, 3.05) is 52.4 Å². The van der Waals surface area contributed by atoms with Gasteiger partial charge in [-0.05, 0) is 36.1 Å². The monoisotopic (exact) mass is 459 g/mol. The van der Waals surface area contributed by atoms with Gasteiger partial charge in [0.05, 0.1) is 0 Å². The van der Waals surface area contributed by atoms with Crippen LogP contribution in [0.5, 0.6) is 5.75 Å². The lowest BCUT2D eigenvalue weighted by molar-refractivity contribution is 0.0561. The Bertz CT molecular complexity index is 939. The second-order valence-electron chi connectivity index (χ2n) is 8.52. The number of hydrogen-bond donors (Lipinski definition) is 1. The fourth-order valence-corrected chi connectivity index (χ4v) is 5.99. The summed E-state index contributed by atoms with van der Waals surface area (Å²) in [5.41, 5.74) is 2.27. The zero-order valence-electron chi connectivity index (χ0n) is 18.5. The number of hydrogen-bond acceptors (Lipinski definition) is 5. The lowest BCUT2D eigenvalue weighted by atomic mass is 10.1. The molecule has 0 spiro atoms. The second-order valence-corrected chi connectivity index (χ2v) is 10.5. The molecule has 2 saturated heterocycles. The molecule has 2 fully saturated rings. The minimum atomic E-state index is -3.35. The largest absolute Gasteiger partial charge is 0.491 e. The summed E-state index contributed by atoms with van der Waals surface area (Å²) in [6, 6.07) is 18.0. The van der Waals surface area contributed by atoms with Crippen LogP contribution in [0.1, 0.15) is 19.3 Å². The van der Waals surface area contributed by atoms with E-state index in [9.17, 15) is 13.5 Å². The van der Waals surface area contributed by atoms with Gasteiger partial charge in [0.15, 0.2) is 0 Å². The smallest absolute Gasteiger partial charge is 0.282 e. The molecule has 0 amide bonds. The molecule has 0 saturated carbocycles. The molecule has 174 valence electrons. The number of ether oxygens (including phenoxy) is 1. The Balaban J connectivity index is 1.20. The van der Waals surface area contributed by atoms with Crippen molar-refractivity contribution in [3.8, 4) is 16.9 Å². The Morgan fingerprint density at radius 1 is 0.781 bits per heavy atom. The molecular formula is C24H33N3O4S. The molecule has 1 atom stereocenters. The quantitative estimate of drug-likeness (QED) is 0.657. The van der Waals surface area contributed by atoms with Gasteiger partial charge in [-0.3, -0.25) is 4.90 Å². The first-order valence-electron chi connectivity index (χ1n) is 11.5. The fraction of sp³-hybridized carbons (Fsp3) is 0.500. The third kappa shape index (κ3) is 5.88. The zero-order valence-corrected chi connectivity index (χ0v) is 19.3. The van der Waals surface area contributed by atoms with Crippen molar-refractivity contribution >= 4 is 10.2 Å². The number of nitrogens with zero attached hydrogens (tertiary/aromatic N) is 3. The summed E-state index contributed by atoms with van der Waals surface area (Å²) in [5, 5.41) is 10.4. The maximum atomic E-state index is 12.8. The molecule has 7 nitrogen and oxygen atoms in total. The van der Waals surface area contributed by atoms with E-state index in [1.165, 1.54) is 0 Å². The third-order valence-corrected chi connectivity index (χ3v) is 8.21. The number of benzene rings is 2. The second kappa shape index (κ2) is 10.8. The van der Waals surface area contributed by atoms with Gasteiger partial charge < -0.3 is 9.84 Å². The van der Waals surface area contributed by atoms with Crippen LogP contribution >= 0.6 is 0 Å². The molecule has 2 aromatic carbocycles. The van der Waals surface area contributed by atoms with E-state index in [0.717, 1.165) is 36.1 Å². The highest BCUT2D eigenvalue weighted by atomic mass is 32.2. The first kappa shape index (κ1) is 23.2. The number of aliphatic hydroxyl groups excluding tert-OH is 1. The van der Waals surface area contributed by atoms with Gasteiger partial charge in [-0.1, -0.05) is 48.9 Å². The zero-order chi connectivity index (χ0) is 22.4. The van der Waals surface area contributed by atoms with Crippen molar-refractivity contribution in [1.82, 2.24) is 13.5 Å². The third-order valence-electron chi connectivity index (χ3n) is 6.17. The molecule has 1 N–H and O–H groups in total. The fourth-order valence-electron chi connectivity index (χ4n) is 4.32. The Morgan fingerprint density at radius 3 is 2.03 bits per heavy atom. The van der Waals surface area contributed by atoms with E-state index in [4.69, 9.17) is 4.74 Å². The standard InChI is InChI=1S/C24H33N3O4S/c28-23(20-31-24-11-9-22(10-12-24)21-7-3-1-4-8-21)19-25-15-17-27(18-16-25)32(29,30)26-13-5-2-6-14-26/h1,3-4,7-12,23,28H,2,5-6,13-20H2. The summed E-state index contributed by atoms with van der Waals surface area (Å²) in [6.45, 7) is 4.11. The minimum Gasteiger partial charge on any atom is -0.491 e. The molecule has 2 aliphatic rings. The summed E-state index contributed by atoms with van der Waals surface area (Å²) < 4.78 is 34.6. The molecule has 2 heterocycles. The van der Waals surface area contributed by atoms with Gasteiger partial charge >= 0.3 is 0 Å². The molecule has 1 unspecified atom stereocenters. The Hall–Kier alpha value is -1.97. The Labute approximate surface area is 191 Å². The van der Waals surface area contributed by atoms with Gasteiger partial charge in [0, 0.05) is 45.8 Å². The number of piperidine rings is 1. The predicted molar refractivity (Wildman–Crippen MR) is 126 cm³/mol. The number of piperazine rings is 1. The highest BCUT2D eigenvalue weighted by Crippen LogP contribution is 2.22. The lowest BCUT2D eigenvalue weighted by Crippen LogP contribution is -2.54. The maximum Gasteiger partial charge on any atom is 0.282 e. The van der Waals surface area contributed by atoms with Crippen LogP contribution < -0.4 is 4.74 Å². The van der Waals surface area contributed by atoms with Gasteiger partial charge in [-0.2, -0.15) is 17.0 Å². The normalized spacial score (nSPS) is 20.2. The molecule has 0 aromatic heterocycles. The summed E-state index contributed by atoms with van der Waals surface area (Å²) in [7, 11) is -3.35. The molecule has 0 bridgehead atoms. The first-order valence-corrected chi connectivity index (χ1v) is 12.9. The van der Waals surface area contributed by atoms with E-state index in [0.29, 0.717) is 45.8 Å². The minimum absolute atomic E-state index is 0.205. The van der Waals surface area contributed by atoms with E-state index in [2.05, 4.69) is 17.0 Å². The van der Waals surface area contributed by atoms with E-state index in [-0.39, 0.29) is 6.61 Å². The molecule has 0 aliphatic carbocycles. The summed E-state index contributed by atoms with van der Waals surface area (Å²) in [5.74, 6) is 0.723. The average molecular weight is 460 g/mol. The molecule has 32 heavy (non-hydrogen) atoms. The van der Waals surface area contributed by atoms with Crippen LogP contribution in [0.4, 0.5) is 0 Å². The van der Waals surface area contributed by atoms with Gasteiger partial charge in [0.2, 0.25) is 0 Å². The highest BCUT2D eigenvalue weighted by molar-refractivity contribution is 7.86. The number of rotatable bonds is 8. The Kier molecular flexibility index (Phi) is 7.80. The SMILES string of the molecule is O=S(=O)(N1CCCCC1)N1CCN(CC(O)COc2ccc(-c3ccccc3)cc2)CC1. The molecule has 4 rings (SSSR count). The van der Waals surface area contributed by atoms with Crippen LogP contribution in [0, 0.1) is 0 Å². The van der Waals surface area contributed by atoms with Crippen molar-refractivity contribution in [2.45, 2.75) is 25.4 Å². The highest BCUT2D eigenvalue weighted by Gasteiger charge is 2.33. The summed E-state index contributed by atoms with van der Waals surface area (Å²) in [6.07, 6.45) is 2.37. The van der Waals surface area contributed by atoms with Crippen molar-refractivity contribution in [1.29, 1.82) is 0 Å². The van der Waals surface area contributed by atoms with Gasteiger partial charge in [0.1, 0.15) is 18.5 Å². The average Bonchev–Trinajstić information content (AvgIpc) is 2.84. The van der Waals surface area contributed by atoms with Gasteiger partial charge in [-0.25, -0.2) is 0 Å². The lowest BCUT2D eigenvalue weighted by Gasteiger charge is -2.38. The van der Waals surface area contributed by atoms with Crippen molar-refractivity contribution in [2.24, 2.45) is 0 Å². The number of aliphatic hydroxyl groups is 1. The van der Waals surface area contributed by atoms with Crippen LogP contribution in [0.3, 0.4) is 0 Å². The summed E-state index contributed by atoms with van der Waals surface area (Å²) >= 11 is 0. The van der Waals surface area contributed by atoms with E-state index < -0.39 is 16.3 Å². The van der Waals surface area contributed by atoms with Crippen molar-refractivity contribution < 1.29 is 18.3 Å². The summed E-state index contributed by atoms with van der Waals surface area (Å²) in [4.78, 5) is 2.11. The topological polar surface area (TPSA) is 73.3 Å². The van der Waals surface area contributed by atoms with Gasteiger partial charge in [-0.15, -0.1) is 0 Å². The van der Waals surface area contributed by atoms with Crippen LogP contribution in [0.25, 0.3) is 11.1 Å². The predicted octanol–water partition coefficient (Wildman–Crippen LogP) is 2.44. The Morgan fingerprint density at radius 2 is 1.38 bits per heavy atom. The maximum absolute atomic E-state index is 12.8. The van der Waals surface area contributed by atoms with Crippen LogP contribution in [-0.2, 0) is 10.2 Å². The van der Waals surface area contributed by atoms with Crippen LogP contribution in [0.15, 0.2) is 54.6 Å². The van der Waals surface area contributed by atoms with Crippen LogP contribution in [0.2, 0.25) is 0 Å². The van der Waals surface area contributed by atoms with Crippen LogP contribution in [-0.4, -0.2) is 85.6 Å². The first-order chi connectivity index (χ1) is 15.5. The molecule has 8 heteroatoms. The molecule has 2 aromatic rings. The van der Waals surface area contributed by atoms with E-state index >= 15 is 0 Å². The van der Waals surface area contributed by atoms with Gasteiger partial charge in [0.25, 0.3) is 10.2 Å². The molecule has 2 aliphatic heterocycles. The molecular weight excluding hydrogens is 426 g/mol. The number of β-amino-alcohol motifs (C(OH)–C–C–N with tert-alkyl or cyclic N) is 1. The van der Waals surface area contributed by atoms with E-state index in [1.54, 1.807) is 8.61 Å². The van der Waals surface area contributed by atoms with E-state index in [1.807, 2.05) is 42.5 Å². The molecule has 0 radical (unpaired) electrons. The van der Waals surface area contributed by atoms with Crippen molar-refractivity contribution in [3.63, 3.8) is 0 Å².